The Kier molecular flexibility index (Phi) is 9.66. The molecule has 0 radical (unpaired) electrons. The molecule has 0 fully saturated rings. The van der Waals surface area contributed by atoms with E-state index >= 15 is 0 Å². The van der Waals surface area contributed by atoms with E-state index < -0.39 is 8.07 Å². The van der Waals surface area contributed by atoms with Gasteiger partial charge in [0.05, 0.1) is 11.0 Å². The summed E-state index contributed by atoms with van der Waals surface area (Å²) in [5.74, 6) is 0.918. The van der Waals surface area contributed by atoms with Crippen molar-refractivity contribution in [3.63, 3.8) is 0 Å². The number of hydrogen-bond acceptors (Lipinski definition) is 1. The summed E-state index contributed by atoms with van der Waals surface area (Å²) in [7, 11) is -3.08. The second-order valence-electron chi connectivity index (χ2n) is 17.6. The molecule has 312 valence electrons. The summed E-state index contributed by atoms with van der Waals surface area (Å²) in [6, 6.07) is 90.2. The van der Waals surface area contributed by atoms with Gasteiger partial charge >= 0.3 is 0 Å². The Bertz CT molecular complexity index is 3720. The van der Waals surface area contributed by atoms with E-state index in [9.17, 15) is 0 Å². The molecule has 0 bridgehead atoms. The first kappa shape index (κ1) is 39.5. The van der Waals surface area contributed by atoms with Gasteiger partial charge in [0.1, 0.15) is 5.82 Å². The maximum atomic E-state index is 5.38. The van der Waals surface area contributed by atoms with Crippen LogP contribution in [0.4, 0.5) is 0 Å². The third-order valence-electron chi connectivity index (χ3n) is 13.6. The minimum absolute atomic E-state index is 0.918. The summed E-state index contributed by atoms with van der Waals surface area (Å²) in [4.78, 5) is 5.38. The number of imidazole rings is 1. The lowest BCUT2D eigenvalue weighted by atomic mass is 9.90. The van der Waals surface area contributed by atoms with Crippen LogP contribution in [0.5, 0.6) is 0 Å². The van der Waals surface area contributed by atoms with Gasteiger partial charge < -0.3 is 0 Å². The Morgan fingerprint density at radius 3 is 1.65 bits per heavy atom. The molecule has 0 saturated heterocycles. The first-order valence-corrected chi connectivity index (χ1v) is 24.9. The molecule has 0 unspecified atom stereocenters. The maximum absolute atomic E-state index is 5.38. The van der Waals surface area contributed by atoms with Gasteiger partial charge in [0.15, 0.2) is 8.07 Å². The number of rotatable bonds is 8. The molecule has 12 aromatic rings. The molecule has 0 aliphatic carbocycles. The second kappa shape index (κ2) is 16.2. The molecule has 0 amide bonds. The fraction of sp³-hybridized carbons (Fsp3) is 0.0317. The van der Waals surface area contributed by atoms with Crippen LogP contribution in [0.25, 0.3) is 82.7 Å². The van der Waals surface area contributed by atoms with Crippen molar-refractivity contribution < 1.29 is 0 Å². The van der Waals surface area contributed by atoms with Gasteiger partial charge in [-0.15, -0.1) is 0 Å². The van der Waals surface area contributed by atoms with Crippen molar-refractivity contribution in [2.24, 2.45) is 0 Å². The highest BCUT2D eigenvalue weighted by Gasteiger charge is 2.44. The van der Waals surface area contributed by atoms with Crippen molar-refractivity contribution in [2.45, 2.75) is 13.8 Å². The van der Waals surface area contributed by atoms with Crippen molar-refractivity contribution >= 4 is 72.2 Å². The van der Waals surface area contributed by atoms with E-state index in [4.69, 9.17) is 4.98 Å². The molecule has 1 heterocycles. The summed E-state index contributed by atoms with van der Waals surface area (Å²) >= 11 is 0. The molecular weight excluding hydrogens is 813 g/mol. The monoisotopic (exact) mass is 858 g/mol. The van der Waals surface area contributed by atoms with E-state index in [0.29, 0.717) is 0 Å². The number of nitrogens with zero attached hydrogens (tertiary/aromatic N) is 2. The topological polar surface area (TPSA) is 17.8 Å². The van der Waals surface area contributed by atoms with Gasteiger partial charge in [-0.05, 0) is 113 Å². The Labute approximate surface area is 386 Å². The van der Waals surface area contributed by atoms with Gasteiger partial charge in [-0.2, -0.15) is 0 Å². The van der Waals surface area contributed by atoms with Crippen LogP contribution in [-0.2, 0) is 0 Å². The molecule has 0 atom stereocenters. The lowest BCUT2D eigenvalue weighted by molar-refractivity contribution is 1.10. The fourth-order valence-electron chi connectivity index (χ4n) is 10.6. The van der Waals surface area contributed by atoms with E-state index in [1.165, 1.54) is 80.9 Å². The van der Waals surface area contributed by atoms with Crippen LogP contribution in [0, 0.1) is 13.8 Å². The molecule has 0 aliphatic rings. The molecule has 3 heteroatoms. The van der Waals surface area contributed by atoms with Crippen molar-refractivity contribution in [3.05, 3.63) is 254 Å². The standard InChI is InChI=1S/C63H46N2Si/c1-43-31-36-56-57(38-43)61(50-24-17-25-51(40-50)65-60-37-33-49(45-18-7-3-8-19-45)42-59(60)64-63(65)47-21-9-4-10-22-47)55-35-30-44(2)39-58(55)62(56)66(52-26-11-5-12-27-52,53-28-13-6-14-29-53)54-34-32-46-20-15-16-23-48(46)41-54/h3-42H,1-2H3. The molecule has 0 N–H and O–H groups in total. The third kappa shape index (κ3) is 6.50. The Morgan fingerprint density at radius 1 is 0.364 bits per heavy atom. The minimum atomic E-state index is -3.08. The normalized spacial score (nSPS) is 11.8. The molecule has 66 heavy (non-hydrogen) atoms. The Morgan fingerprint density at radius 2 is 0.955 bits per heavy atom. The summed E-state index contributed by atoms with van der Waals surface area (Å²) in [5.41, 5.74) is 11.4. The Hall–Kier alpha value is -8.11. The van der Waals surface area contributed by atoms with Gasteiger partial charge in [-0.1, -0.05) is 230 Å². The summed E-state index contributed by atoms with van der Waals surface area (Å²) in [6.07, 6.45) is 0. The van der Waals surface area contributed by atoms with Crippen LogP contribution in [0.1, 0.15) is 11.1 Å². The zero-order valence-corrected chi connectivity index (χ0v) is 38.0. The minimum Gasteiger partial charge on any atom is -0.292 e. The van der Waals surface area contributed by atoms with Gasteiger partial charge in [0.25, 0.3) is 0 Å². The smallest absolute Gasteiger partial charge is 0.180 e. The largest absolute Gasteiger partial charge is 0.292 e. The fourth-order valence-corrected chi connectivity index (χ4v) is 15.8. The number of aromatic nitrogens is 2. The number of hydrogen-bond donors (Lipinski definition) is 0. The van der Waals surface area contributed by atoms with Gasteiger partial charge in [-0.3, -0.25) is 4.57 Å². The van der Waals surface area contributed by atoms with Gasteiger partial charge in [0, 0.05) is 11.3 Å². The SMILES string of the molecule is Cc1ccc2c([Si](c3ccccc3)(c3ccccc3)c3ccc4ccccc4c3)c3cc(C)ccc3c(-c3cccc(-n4c(-c5ccccc5)nc5cc(-c6ccccc6)ccc54)c3)c2c1. The van der Waals surface area contributed by atoms with Gasteiger partial charge in [-0.25, -0.2) is 4.98 Å². The number of fused-ring (bicyclic) bond motifs is 4. The summed E-state index contributed by atoms with van der Waals surface area (Å²) in [6.45, 7) is 4.47. The molecule has 0 aliphatic heterocycles. The summed E-state index contributed by atoms with van der Waals surface area (Å²) in [5, 5.41) is 13.1. The zero-order valence-electron chi connectivity index (χ0n) is 37.0. The Balaban J connectivity index is 1.17. The lowest BCUT2D eigenvalue weighted by Crippen LogP contribution is -2.75. The maximum Gasteiger partial charge on any atom is 0.180 e. The van der Waals surface area contributed by atoms with Crippen molar-refractivity contribution in [1.82, 2.24) is 9.55 Å². The average molecular weight is 859 g/mol. The second-order valence-corrected chi connectivity index (χ2v) is 21.4. The highest BCUT2D eigenvalue weighted by molar-refractivity contribution is 7.21. The van der Waals surface area contributed by atoms with Crippen LogP contribution in [0.3, 0.4) is 0 Å². The van der Waals surface area contributed by atoms with E-state index in [0.717, 1.165) is 33.7 Å². The van der Waals surface area contributed by atoms with Crippen LogP contribution >= 0.6 is 0 Å². The van der Waals surface area contributed by atoms with E-state index in [-0.39, 0.29) is 0 Å². The van der Waals surface area contributed by atoms with Crippen molar-refractivity contribution in [2.75, 3.05) is 0 Å². The molecule has 12 rings (SSSR count). The average Bonchev–Trinajstić information content (AvgIpc) is 3.77. The molecule has 1 aromatic heterocycles. The van der Waals surface area contributed by atoms with Crippen LogP contribution in [0.15, 0.2) is 243 Å². The van der Waals surface area contributed by atoms with Gasteiger partial charge in [0.2, 0.25) is 0 Å². The first-order valence-electron chi connectivity index (χ1n) is 22.9. The van der Waals surface area contributed by atoms with Crippen molar-refractivity contribution in [1.29, 1.82) is 0 Å². The first-order chi connectivity index (χ1) is 32.5. The van der Waals surface area contributed by atoms with Crippen LogP contribution in [0.2, 0.25) is 0 Å². The van der Waals surface area contributed by atoms with E-state index in [1.807, 2.05) is 0 Å². The van der Waals surface area contributed by atoms with E-state index in [2.05, 4.69) is 261 Å². The van der Waals surface area contributed by atoms with Crippen LogP contribution < -0.4 is 20.7 Å². The molecule has 0 saturated carbocycles. The predicted molar refractivity (Wildman–Crippen MR) is 283 cm³/mol. The number of aryl methyl sites for hydroxylation is 2. The third-order valence-corrected chi connectivity index (χ3v) is 18.4. The highest BCUT2D eigenvalue weighted by Crippen LogP contribution is 2.40. The molecule has 11 aromatic carbocycles. The van der Waals surface area contributed by atoms with E-state index in [1.54, 1.807) is 0 Å². The molecule has 0 spiro atoms. The van der Waals surface area contributed by atoms with Crippen LogP contribution in [-0.4, -0.2) is 17.6 Å². The number of benzene rings is 11. The van der Waals surface area contributed by atoms with Crippen molar-refractivity contribution in [3.8, 4) is 39.3 Å². The quantitative estimate of drug-likeness (QED) is 0.0846. The molecular formula is C63H46N2Si. The predicted octanol–water partition coefficient (Wildman–Crippen LogP) is 13.5. The highest BCUT2D eigenvalue weighted by atomic mass is 28.3. The zero-order chi connectivity index (χ0) is 44.2. The molecule has 2 nitrogen and oxygen atoms in total. The summed E-state index contributed by atoms with van der Waals surface area (Å²) < 4.78 is 2.35. The lowest BCUT2D eigenvalue weighted by Gasteiger charge is -2.37.